The van der Waals surface area contributed by atoms with Crippen LogP contribution in [0.25, 0.3) is 11.3 Å². The quantitative estimate of drug-likeness (QED) is 0.771. The molecule has 0 amide bonds. The van der Waals surface area contributed by atoms with Crippen molar-refractivity contribution < 1.29 is 9.90 Å². The number of nitrogens with one attached hydrogen (secondary N) is 1. The van der Waals surface area contributed by atoms with Crippen LogP contribution >= 0.6 is 11.3 Å². The van der Waals surface area contributed by atoms with E-state index in [-0.39, 0.29) is 5.69 Å². The summed E-state index contributed by atoms with van der Waals surface area (Å²) in [5.74, 6) is -0.962. The largest absolute Gasteiger partial charge is 0.477 e. The maximum Gasteiger partial charge on any atom is 0.352 e. The number of hydrogen-bond acceptors (Lipinski definition) is 3. The van der Waals surface area contributed by atoms with Gasteiger partial charge in [0.25, 0.3) is 0 Å². The molecule has 4 nitrogen and oxygen atoms in total. The van der Waals surface area contributed by atoms with Gasteiger partial charge in [-0.25, -0.2) is 9.78 Å². The Labute approximate surface area is 126 Å². The number of carbonyl (C=O) groups is 1. The van der Waals surface area contributed by atoms with Gasteiger partial charge in [0.15, 0.2) is 0 Å². The van der Waals surface area contributed by atoms with Crippen LogP contribution in [0.4, 0.5) is 0 Å². The second-order valence-electron chi connectivity index (χ2n) is 4.90. The van der Waals surface area contributed by atoms with E-state index in [1.165, 1.54) is 11.1 Å². The van der Waals surface area contributed by atoms with E-state index >= 15 is 0 Å². The van der Waals surface area contributed by atoms with Crippen molar-refractivity contribution in [3.63, 3.8) is 0 Å². The molecule has 0 radical (unpaired) electrons. The minimum Gasteiger partial charge on any atom is -0.477 e. The standard InChI is InChI=1S/C16H14N2O2S/c1-10-3-2-4-11(5-10)6-15-18-14(9-21-15)12-7-13(16(19)20)17-8-12/h2-5,7-9,17H,6H2,1H3,(H,19,20). The molecule has 0 aliphatic rings. The van der Waals surface area contributed by atoms with Gasteiger partial charge in [-0.2, -0.15) is 0 Å². The summed E-state index contributed by atoms with van der Waals surface area (Å²) in [7, 11) is 0. The van der Waals surface area contributed by atoms with Crippen LogP contribution in [-0.4, -0.2) is 21.0 Å². The van der Waals surface area contributed by atoms with Crippen LogP contribution in [0.1, 0.15) is 26.6 Å². The van der Waals surface area contributed by atoms with Gasteiger partial charge in [-0.3, -0.25) is 0 Å². The highest BCUT2D eigenvalue weighted by molar-refractivity contribution is 7.10. The third-order valence-corrected chi connectivity index (χ3v) is 4.05. The van der Waals surface area contributed by atoms with E-state index in [9.17, 15) is 4.79 Å². The molecular weight excluding hydrogens is 284 g/mol. The molecule has 3 rings (SSSR count). The lowest BCUT2D eigenvalue weighted by Crippen LogP contribution is -1.94. The monoisotopic (exact) mass is 298 g/mol. The molecular formula is C16H14N2O2S. The summed E-state index contributed by atoms with van der Waals surface area (Å²) in [6.07, 6.45) is 2.47. The second kappa shape index (κ2) is 5.54. The van der Waals surface area contributed by atoms with Gasteiger partial charge < -0.3 is 10.1 Å². The molecule has 1 aromatic carbocycles. The van der Waals surface area contributed by atoms with Crippen molar-refractivity contribution in [2.75, 3.05) is 0 Å². The average molecular weight is 298 g/mol. The molecule has 0 aliphatic carbocycles. The smallest absolute Gasteiger partial charge is 0.352 e. The summed E-state index contributed by atoms with van der Waals surface area (Å²) in [6, 6.07) is 9.97. The summed E-state index contributed by atoms with van der Waals surface area (Å²) < 4.78 is 0. The number of carboxylic acid groups (broad SMARTS) is 1. The van der Waals surface area contributed by atoms with Gasteiger partial charge in [-0.1, -0.05) is 29.8 Å². The lowest BCUT2D eigenvalue weighted by atomic mass is 10.1. The second-order valence-corrected chi connectivity index (χ2v) is 5.84. The third kappa shape index (κ3) is 3.03. The molecule has 5 heteroatoms. The van der Waals surface area contributed by atoms with E-state index in [4.69, 9.17) is 5.11 Å². The average Bonchev–Trinajstić information content (AvgIpc) is 3.06. The maximum absolute atomic E-state index is 10.9. The van der Waals surface area contributed by atoms with Crippen molar-refractivity contribution in [3.05, 3.63) is 63.7 Å². The van der Waals surface area contributed by atoms with Crippen LogP contribution in [0.3, 0.4) is 0 Å². The van der Waals surface area contributed by atoms with Gasteiger partial charge in [-0.05, 0) is 18.6 Å². The molecule has 0 aliphatic heterocycles. The first kappa shape index (κ1) is 13.6. The Morgan fingerprint density at radius 3 is 2.95 bits per heavy atom. The predicted octanol–water partition coefficient (Wildman–Crippen LogP) is 3.74. The predicted molar refractivity (Wildman–Crippen MR) is 82.8 cm³/mol. The number of aromatic amines is 1. The van der Waals surface area contributed by atoms with Crippen LogP contribution in [0, 0.1) is 6.92 Å². The number of carboxylic acids is 1. The van der Waals surface area contributed by atoms with E-state index in [0.717, 1.165) is 22.7 Å². The molecule has 3 aromatic rings. The Morgan fingerprint density at radius 1 is 1.38 bits per heavy atom. The fourth-order valence-electron chi connectivity index (χ4n) is 2.19. The Hall–Kier alpha value is -2.40. The van der Waals surface area contributed by atoms with Crippen LogP contribution in [-0.2, 0) is 6.42 Å². The summed E-state index contributed by atoms with van der Waals surface area (Å²) in [4.78, 5) is 18.2. The van der Waals surface area contributed by atoms with Crippen LogP contribution < -0.4 is 0 Å². The summed E-state index contributed by atoms with van der Waals surface area (Å²) in [5, 5.41) is 11.9. The first-order valence-corrected chi connectivity index (χ1v) is 7.42. The molecule has 0 fully saturated rings. The Balaban J connectivity index is 1.81. The van der Waals surface area contributed by atoms with E-state index < -0.39 is 5.97 Å². The zero-order valence-electron chi connectivity index (χ0n) is 11.5. The first-order chi connectivity index (χ1) is 10.1. The summed E-state index contributed by atoms with van der Waals surface area (Å²) in [6.45, 7) is 2.07. The highest BCUT2D eigenvalue weighted by Crippen LogP contribution is 2.24. The minimum atomic E-state index is -0.962. The van der Waals surface area contributed by atoms with Gasteiger partial charge >= 0.3 is 5.97 Å². The molecule has 2 heterocycles. The van der Waals surface area contributed by atoms with Crippen molar-refractivity contribution in [1.82, 2.24) is 9.97 Å². The number of benzene rings is 1. The molecule has 0 unspecified atom stereocenters. The van der Waals surface area contributed by atoms with Crippen molar-refractivity contribution in [2.24, 2.45) is 0 Å². The Bertz CT molecular complexity index is 789. The first-order valence-electron chi connectivity index (χ1n) is 6.54. The van der Waals surface area contributed by atoms with E-state index in [2.05, 4.69) is 35.1 Å². The number of rotatable bonds is 4. The normalized spacial score (nSPS) is 10.7. The molecule has 2 aromatic heterocycles. The molecule has 0 bridgehead atoms. The third-order valence-electron chi connectivity index (χ3n) is 3.20. The summed E-state index contributed by atoms with van der Waals surface area (Å²) >= 11 is 1.59. The minimum absolute atomic E-state index is 0.179. The molecule has 0 atom stereocenters. The van der Waals surface area contributed by atoms with Crippen molar-refractivity contribution in [3.8, 4) is 11.3 Å². The molecule has 21 heavy (non-hydrogen) atoms. The molecule has 0 spiro atoms. The van der Waals surface area contributed by atoms with E-state index in [1.54, 1.807) is 23.6 Å². The number of thiazole rings is 1. The van der Waals surface area contributed by atoms with Gasteiger partial charge in [0.2, 0.25) is 0 Å². The summed E-state index contributed by atoms with van der Waals surface area (Å²) in [5.41, 5.74) is 4.26. The number of aromatic nitrogens is 2. The fourth-order valence-corrected chi connectivity index (χ4v) is 3.02. The van der Waals surface area contributed by atoms with Crippen LogP contribution in [0.2, 0.25) is 0 Å². The number of aromatic carboxylic acids is 1. The van der Waals surface area contributed by atoms with Gasteiger partial charge in [0, 0.05) is 23.6 Å². The van der Waals surface area contributed by atoms with Crippen molar-refractivity contribution >= 4 is 17.3 Å². The van der Waals surface area contributed by atoms with Gasteiger partial charge in [0.1, 0.15) is 5.69 Å². The molecule has 0 saturated carbocycles. The fraction of sp³-hybridized carbons (Fsp3) is 0.125. The molecule has 2 N–H and O–H groups in total. The zero-order chi connectivity index (χ0) is 14.8. The number of nitrogens with zero attached hydrogens (tertiary/aromatic N) is 1. The SMILES string of the molecule is Cc1cccc(Cc2nc(-c3c[nH]c(C(=O)O)c3)cs2)c1. The highest BCUT2D eigenvalue weighted by atomic mass is 32.1. The van der Waals surface area contributed by atoms with E-state index in [0.29, 0.717) is 0 Å². The van der Waals surface area contributed by atoms with Crippen molar-refractivity contribution in [2.45, 2.75) is 13.3 Å². The molecule has 106 valence electrons. The number of aryl methyl sites for hydroxylation is 1. The van der Waals surface area contributed by atoms with Gasteiger partial charge in [0.05, 0.1) is 10.7 Å². The Morgan fingerprint density at radius 2 is 2.24 bits per heavy atom. The topological polar surface area (TPSA) is 66.0 Å². The Kier molecular flexibility index (Phi) is 3.58. The highest BCUT2D eigenvalue weighted by Gasteiger charge is 2.10. The maximum atomic E-state index is 10.9. The lowest BCUT2D eigenvalue weighted by Gasteiger charge is -1.99. The van der Waals surface area contributed by atoms with Crippen molar-refractivity contribution in [1.29, 1.82) is 0 Å². The van der Waals surface area contributed by atoms with Crippen LogP contribution in [0.15, 0.2) is 41.9 Å². The van der Waals surface area contributed by atoms with Gasteiger partial charge in [-0.15, -0.1) is 11.3 Å². The zero-order valence-corrected chi connectivity index (χ0v) is 12.3. The number of H-pyrrole nitrogens is 1. The number of hydrogen-bond donors (Lipinski definition) is 2. The lowest BCUT2D eigenvalue weighted by molar-refractivity contribution is 0.0691. The van der Waals surface area contributed by atoms with Crippen LogP contribution in [0.5, 0.6) is 0 Å². The van der Waals surface area contributed by atoms with E-state index in [1.807, 2.05) is 11.4 Å². The molecule has 0 saturated heterocycles.